The Hall–Kier alpha value is -1.71. The van der Waals surface area contributed by atoms with Crippen LogP contribution < -0.4 is 15.8 Å². The molecule has 1 aliphatic carbocycles. The maximum absolute atomic E-state index is 12.2. The maximum Gasteiger partial charge on any atom is 0.251 e. The standard InChI is InChI=1S/C14H20N2O2/c1-14(7-3-4-8-14)16-13(17)10-5-6-11(15)12(9-10)18-2/h5-6,9H,3-4,7-8,15H2,1-2H3,(H,16,17). The summed E-state index contributed by atoms with van der Waals surface area (Å²) in [6.07, 6.45) is 4.46. The monoisotopic (exact) mass is 248 g/mol. The van der Waals surface area contributed by atoms with Gasteiger partial charge in [-0.15, -0.1) is 0 Å². The molecule has 0 bridgehead atoms. The summed E-state index contributed by atoms with van der Waals surface area (Å²) in [5.41, 5.74) is 6.80. The summed E-state index contributed by atoms with van der Waals surface area (Å²) in [6, 6.07) is 5.11. The third kappa shape index (κ3) is 2.58. The van der Waals surface area contributed by atoms with E-state index in [1.54, 1.807) is 25.3 Å². The van der Waals surface area contributed by atoms with Gasteiger partial charge in [0.2, 0.25) is 0 Å². The molecule has 3 N–H and O–H groups in total. The molecule has 0 unspecified atom stereocenters. The Morgan fingerprint density at radius 1 is 1.39 bits per heavy atom. The Labute approximate surface area is 108 Å². The number of amides is 1. The van der Waals surface area contributed by atoms with E-state index in [-0.39, 0.29) is 11.4 Å². The number of ether oxygens (including phenoxy) is 1. The minimum absolute atomic E-state index is 0.0577. The summed E-state index contributed by atoms with van der Waals surface area (Å²) in [5.74, 6) is 0.483. The molecule has 0 atom stereocenters. The van der Waals surface area contributed by atoms with Gasteiger partial charge in [0.25, 0.3) is 5.91 Å². The number of hydrogen-bond acceptors (Lipinski definition) is 3. The number of nitrogens with two attached hydrogens (primary N) is 1. The zero-order valence-electron chi connectivity index (χ0n) is 11.0. The van der Waals surface area contributed by atoms with Crippen LogP contribution in [-0.4, -0.2) is 18.6 Å². The van der Waals surface area contributed by atoms with E-state index in [1.807, 2.05) is 0 Å². The SMILES string of the molecule is COc1cc(C(=O)NC2(C)CCCC2)ccc1N. The van der Waals surface area contributed by atoms with Crippen molar-refractivity contribution >= 4 is 11.6 Å². The van der Waals surface area contributed by atoms with Gasteiger partial charge in [-0.05, 0) is 38.0 Å². The second-order valence-electron chi connectivity index (χ2n) is 5.18. The van der Waals surface area contributed by atoms with Crippen LogP contribution in [-0.2, 0) is 0 Å². The highest BCUT2D eigenvalue weighted by atomic mass is 16.5. The van der Waals surface area contributed by atoms with E-state index in [4.69, 9.17) is 10.5 Å². The van der Waals surface area contributed by atoms with Crippen LogP contribution in [0.1, 0.15) is 43.0 Å². The minimum Gasteiger partial charge on any atom is -0.495 e. The van der Waals surface area contributed by atoms with E-state index in [9.17, 15) is 4.79 Å². The molecule has 98 valence electrons. The Morgan fingerprint density at radius 3 is 2.67 bits per heavy atom. The predicted octanol–water partition coefficient (Wildman–Crippen LogP) is 2.34. The minimum atomic E-state index is -0.0638. The molecule has 1 fully saturated rings. The van der Waals surface area contributed by atoms with Gasteiger partial charge in [0.05, 0.1) is 12.8 Å². The van der Waals surface area contributed by atoms with E-state index < -0.39 is 0 Å². The van der Waals surface area contributed by atoms with Gasteiger partial charge in [-0.3, -0.25) is 4.79 Å². The number of carbonyl (C=O) groups excluding carboxylic acids is 1. The van der Waals surface area contributed by atoms with Gasteiger partial charge in [-0.1, -0.05) is 12.8 Å². The molecule has 1 aromatic carbocycles. The van der Waals surface area contributed by atoms with Gasteiger partial charge >= 0.3 is 0 Å². The highest BCUT2D eigenvalue weighted by Gasteiger charge is 2.30. The number of hydrogen-bond donors (Lipinski definition) is 2. The average Bonchev–Trinajstić information content (AvgIpc) is 2.76. The molecule has 4 nitrogen and oxygen atoms in total. The molecule has 18 heavy (non-hydrogen) atoms. The lowest BCUT2D eigenvalue weighted by Crippen LogP contribution is -2.43. The molecular formula is C14H20N2O2. The number of benzene rings is 1. The second kappa shape index (κ2) is 4.88. The van der Waals surface area contributed by atoms with Crippen LogP contribution in [0.25, 0.3) is 0 Å². The lowest BCUT2D eigenvalue weighted by Gasteiger charge is -2.25. The molecule has 0 aromatic heterocycles. The molecule has 1 saturated carbocycles. The first kappa shape index (κ1) is 12.7. The normalized spacial score (nSPS) is 17.4. The van der Waals surface area contributed by atoms with Crippen molar-refractivity contribution in [1.82, 2.24) is 5.32 Å². The zero-order chi connectivity index (χ0) is 13.2. The fourth-order valence-electron chi connectivity index (χ4n) is 2.48. The number of anilines is 1. The largest absolute Gasteiger partial charge is 0.495 e. The van der Waals surface area contributed by atoms with Crippen LogP contribution in [0.15, 0.2) is 18.2 Å². The van der Waals surface area contributed by atoms with Crippen molar-refractivity contribution in [2.45, 2.75) is 38.1 Å². The summed E-state index contributed by atoms with van der Waals surface area (Å²) in [6.45, 7) is 2.10. The predicted molar refractivity (Wildman–Crippen MR) is 71.7 cm³/mol. The van der Waals surface area contributed by atoms with Crippen molar-refractivity contribution in [2.75, 3.05) is 12.8 Å². The maximum atomic E-state index is 12.2. The molecule has 0 spiro atoms. The van der Waals surface area contributed by atoms with E-state index in [1.165, 1.54) is 12.8 Å². The van der Waals surface area contributed by atoms with Crippen molar-refractivity contribution in [1.29, 1.82) is 0 Å². The first-order chi connectivity index (χ1) is 8.54. The Balaban J connectivity index is 2.13. The highest BCUT2D eigenvalue weighted by molar-refractivity contribution is 5.95. The average molecular weight is 248 g/mol. The zero-order valence-corrected chi connectivity index (χ0v) is 11.0. The number of methoxy groups -OCH3 is 1. The van der Waals surface area contributed by atoms with Gasteiger partial charge in [0, 0.05) is 11.1 Å². The summed E-state index contributed by atoms with van der Waals surface area (Å²) in [4.78, 5) is 12.2. The number of nitrogen functional groups attached to an aromatic ring is 1. The van der Waals surface area contributed by atoms with Crippen LogP contribution in [0, 0.1) is 0 Å². The number of rotatable bonds is 3. The van der Waals surface area contributed by atoms with Crippen molar-refractivity contribution in [3.63, 3.8) is 0 Å². The van der Waals surface area contributed by atoms with Gasteiger partial charge in [-0.2, -0.15) is 0 Å². The molecule has 0 radical (unpaired) electrons. The van der Waals surface area contributed by atoms with Crippen LogP contribution in [0.5, 0.6) is 5.75 Å². The van der Waals surface area contributed by atoms with Gasteiger partial charge in [0.15, 0.2) is 0 Å². The Kier molecular flexibility index (Phi) is 3.45. The molecule has 0 aliphatic heterocycles. The van der Waals surface area contributed by atoms with Gasteiger partial charge < -0.3 is 15.8 Å². The summed E-state index contributed by atoms with van der Waals surface area (Å²) < 4.78 is 5.13. The van der Waals surface area contributed by atoms with E-state index in [0.29, 0.717) is 17.0 Å². The van der Waals surface area contributed by atoms with Crippen LogP contribution >= 0.6 is 0 Å². The molecule has 1 aromatic rings. The third-order valence-corrected chi connectivity index (χ3v) is 3.62. The van der Waals surface area contributed by atoms with Crippen molar-refractivity contribution < 1.29 is 9.53 Å². The molecule has 2 rings (SSSR count). The number of carbonyl (C=O) groups is 1. The fraction of sp³-hybridized carbons (Fsp3) is 0.500. The molecule has 0 saturated heterocycles. The molecule has 1 aliphatic rings. The lowest BCUT2D eigenvalue weighted by atomic mass is 10.00. The van der Waals surface area contributed by atoms with Crippen molar-refractivity contribution in [3.05, 3.63) is 23.8 Å². The molecule has 4 heteroatoms. The van der Waals surface area contributed by atoms with E-state index >= 15 is 0 Å². The summed E-state index contributed by atoms with van der Waals surface area (Å²) in [5, 5.41) is 3.11. The van der Waals surface area contributed by atoms with Crippen LogP contribution in [0.4, 0.5) is 5.69 Å². The molecule has 0 heterocycles. The first-order valence-electron chi connectivity index (χ1n) is 6.30. The third-order valence-electron chi connectivity index (χ3n) is 3.62. The van der Waals surface area contributed by atoms with Gasteiger partial charge in [0.1, 0.15) is 5.75 Å². The smallest absolute Gasteiger partial charge is 0.251 e. The van der Waals surface area contributed by atoms with Crippen LogP contribution in [0.2, 0.25) is 0 Å². The van der Waals surface area contributed by atoms with E-state index in [0.717, 1.165) is 12.8 Å². The lowest BCUT2D eigenvalue weighted by molar-refractivity contribution is 0.0908. The molecular weight excluding hydrogens is 228 g/mol. The second-order valence-corrected chi connectivity index (χ2v) is 5.18. The Bertz CT molecular complexity index is 451. The van der Waals surface area contributed by atoms with Gasteiger partial charge in [-0.25, -0.2) is 0 Å². The van der Waals surface area contributed by atoms with E-state index in [2.05, 4.69) is 12.2 Å². The van der Waals surface area contributed by atoms with Crippen LogP contribution in [0.3, 0.4) is 0 Å². The summed E-state index contributed by atoms with van der Waals surface area (Å²) >= 11 is 0. The Morgan fingerprint density at radius 2 is 2.06 bits per heavy atom. The highest BCUT2D eigenvalue weighted by Crippen LogP contribution is 2.29. The van der Waals surface area contributed by atoms with Crippen molar-refractivity contribution in [2.24, 2.45) is 0 Å². The quantitative estimate of drug-likeness (QED) is 0.807. The number of nitrogens with one attached hydrogen (secondary N) is 1. The summed E-state index contributed by atoms with van der Waals surface area (Å²) in [7, 11) is 1.55. The first-order valence-corrected chi connectivity index (χ1v) is 6.30. The topological polar surface area (TPSA) is 64.3 Å². The fourth-order valence-corrected chi connectivity index (χ4v) is 2.48. The van der Waals surface area contributed by atoms with Crippen molar-refractivity contribution in [3.8, 4) is 5.75 Å². The molecule has 1 amide bonds.